The summed E-state index contributed by atoms with van der Waals surface area (Å²) in [4.78, 5) is 25.5. The van der Waals surface area contributed by atoms with Crippen LogP contribution in [0.15, 0.2) is 35.0 Å². The van der Waals surface area contributed by atoms with Gasteiger partial charge in [0.2, 0.25) is 0 Å². The summed E-state index contributed by atoms with van der Waals surface area (Å²) in [5.41, 5.74) is 0. The standard InChI is InChI=1S/C17H16Cl2O4S2/c18-17(19)13(9-22-15(20)7-11-3-1-5-24-11)14(17)10-23-16(21)8-12-4-2-6-25-12/h1-6,13-14H,7-10H2. The monoisotopic (exact) mass is 418 g/mol. The first kappa shape index (κ1) is 18.7. The summed E-state index contributed by atoms with van der Waals surface area (Å²) in [5, 5.41) is 3.82. The molecule has 8 heteroatoms. The molecule has 1 aliphatic carbocycles. The van der Waals surface area contributed by atoms with E-state index in [1.54, 1.807) is 0 Å². The maximum Gasteiger partial charge on any atom is 0.311 e. The molecule has 4 nitrogen and oxygen atoms in total. The third-order valence-corrected chi connectivity index (χ3v) is 6.88. The smallest absolute Gasteiger partial charge is 0.311 e. The molecular formula is C17H16Cl2O4S2. The lowest BCUT2D eigenvalue weighted by atomic mass is 10.3. The number of ether oxygens (including phenoxy) is 2. The van der Waals surface area contributed by atoms with Crippen molar-refractivity contribution in [1.82, 2.24) is 0 Å². The highest BCUT2D eigenvalue weighted by Gasteiger charge is 2.64. The van der Waals surface area contributed by atoms with Crippen molar-refractivity contribution < 1.29 is 19.1 Å². The molecule has 0 radical (unpaired) electrons. The van der Waals surface area contributed by atoms with E-state index in [2.05, 4.69) is 0 Å². The third kappa shape index (κ3) is 4.97. The number of alkyl halides is 2. The fourth-order valence-electron chi connectivity index (χ4n) is 2.49. The molecule has 2 aromatic rings. The van der Waals surface area contributed by atoms with E-state index >= 15 is 0 Å². The van der Waals surface area contributed by atoms with Crippen LogP contribution in [0.2, 0.25) is 0 Å². The average Bonchev–Trinajstić information content (AvgIpc) is 3.05. The molecule has 3 rings (SSSR count). The molecule has 0 spiro atoms. The SMILES string of the molecule is O=C(Cc1cccs1)OCC1C(COC(=O)Cc2cccs2)C1(Cl)Cl. The lowest BCUT2D eigenvalue weighted by Gasteiger charge is -2.04. The number of hydrogen-bond donors (Lipinski definition) is 0. The van der Waals surface area contributed by atoms with Crippen LogP contribution in [0, 0.1) is 11.8 Å². The Kier molecular flexibility index (Phi) is 6.04. The molecule has 2 aromatic heterocycles. The summed E-state index contributed by atoms with van der Waals surface area (Å²) in [6.07, 6.45) is 0.477. The van der Waals surface area contributed by atoms with E-state index in [0.29, 0.717) is 0 Å². The zero-order valence-corrected chi connectivity index (χ0v) is 16.3. The van der Waals surface area contributed by atoms with Gasteiger partial charge in [0.1, 0.15) is 4.33 Å². The molecule has 1 fully saturated rings. The number of carbonyl (C=O) groups excluding carboxylic acids is 2. The lowest BCUT2D eigenvalue weighted by molar-refractivity contribution is -0.145. The van der Waals surface area contributed by atoms with Crippen molar-refractivity contribution in [2.75, 3.05) is 13.2 Å². The van der Waals surface area contributed by atoms with Gasteiger partial charge in [0, 0.05) is 21.6 Å². The Hall–Kier alpha value is -1.08. The Balaban J connectivity index is 1.39. The number of rotatable bonds is 8. The van der Waals surface area contributed by atoms with Gasteiger partial charge in [-0.3, -0.25) is 9.59 Å². The van der Waals surface area contributed by atoms with Crippen molar-refractivity contribution in [1.29, 1.82) is 0 Å². The summed E-state index contributed by atoms with van der Waals surface area (Å²) in [6.45, 7) is 0.259. The first-order valence-electron chi connectivity index (χ1n) is 7.70. The van der Waals surface area contributed by atoms with Gasteiger partial charge in [0.15, 0.2) is 0 Å². The number of thiophene rings is 2. The Labute approximate surface area is 163 Å². The second-order valence-corrected chi connectivity index (χ2v) is 9.27. The molecule has 0 N–H and O–H groups in total. The predicted octanol–water partition coefficient (Wildman–Crippen LogP) is 4.10. The van der Waals surface area contributed by atoms with E-state index < -0.39 is 4.33 Å². The molecule has 0 aliphatic heterocycles. The molecule has 134 valence electrons. The molecule has 25 heavy (non-hydrogen) atoms. The van der Waals surface area contributed by atoms with Gasteiger partial charge in [-0.15, -0.1) is 45.9 Å². The maximum absolute atomic E-state index is 11.8. The molecule has 2 unspecified atom stereocenters. The van der Waals surface area contributed by atoms with E-state index in [1.807, 2.05) is 35.0 Å². The van der Waals surface area contributed by atoms with Gasteiger partial charge in [-0.1, -0.05) is 12.1 Å². The highest BCUT2D eigenvalue weighted by molar-refractivity contribution is 7.10. The molecular weight excluding hydrogens is 403 g/mol. The molecule has 1 saturated carbocycles. The topological polar surface area (TPSA) is 52.6 Å². The number of carbonyl (C=O) groups is 2. The fourth-order valence-corrected chi connectivity index (χ4v) is 4.61. The molecule has 0 saturated heterocycles. The van der Waals surface area contributed by atoms with Gasteiger partial charge >= 0.3 is 11.9 Å². The minimum atomic E-state index is -1.02. The van der Waals surface area contributed by atoms with Crippen molar-refractivity contribution in [2.24, 2.45) is 11.8 Å². The summed E-state index contributed by atoms with van der Waals surface area (Å²) in [5.74, 6) is -1.07. The fraction of sp³-hybridized carbons (Fsp3) is 0.412. The molecule has 0 aromatic carbocycles. The van der Waals surface area contributed by atoms with Gasteiger partial charge in [0.25, 0.3) is 0 Å². The Morgan fingerprint density at radius 3 is 1.72 bits per heavy atom. The van der Waals surface area contributed by atoms with E-state index in [4.69, 9.17) is 32.7 Å². The minimum absolute atomic E-state index is 0.129. The van der Waals surface area contributed by atoms with Crippen molar-refractivity contribution in [3.05, 3.63) is 44.8 Å². The van der Waals surface area contributed by atoms with Gasteiger partial charge in [-0.05, 0) is 22.9 Å². The summed E-state index contributed by atoms with van der Waals surface area (Å²) in [7, 11) is 0. The quantitative estimate of drug-likeness (QED) is 0.478. The highest BCUT2D eigenvalue weighted by Crippen LogP contribution is 2.59. The minimum Gasteiger partial charge on any atom is -0.465 e. The Morgan fingerprint density at radius 2 is 1.36 bits per heavy atom. The van der Waals surface area contributed by atoms with Gasteiger partial charge in [-0.2, -0.15) is 0 Å². The van der Waals surface area contributed by atoms with Crippen LogP contribution < -0.4 is 0 Å². The third-order valence-electron chi connectivity index (χ3n) is 4.01. The molecule has 2 heterocycles. The number of esters is 2. The molecule has 2 atom stereocenters. The van der Waals surface area contributed by atoms with E-state index in [-0.39, 0.29) is 49.8 Å². The normalized spacial score (nSPS) is 20.9. The number of hydrogen-bond acceptors (Lipinski definition) is 6. The molecule has 0 bridgehead atoms. The van der Waals surface area contributed by atoms with Crippen LogP contribution in [0.5, 0.6) is 0 Å². The first-order chi connectivity index (χ1) is 12.0. The van der Waals surface area contributed by atoms with E-state index in [0.717, 1.165) is 9.75 Å². The van der Waals surface area contributed by atoms with Crippen molar-refractivity contribution in [2.45, 2.75) is 17.2 Å². The van der Waals surface area contributed by atoms with Crippen LogP contribution >= 0.6 is 45.9 Å². The first-order valence-corrected chi connectivity index (χ1v) is 10.2. The van der Waals surface area contributed by atoms with Crippen LogP contribution in [-0.4, -0.2) is 29.5 Å². The zero-order chi connectivity index (χ0) is 17.9. The van der Waals surface area contributed by atoms with Gasteiger partial charge < -0.3 is 9.47 Å². The van der Waals surface area contributed by atoms with Crippen molar-refractivity contribution >= 4 is 57.8 Å². The van der Waals surface area contributed by atoms with Gasteiger partial charge in [0.05, 0.1) is 26.1 Å². The second-order valence-electron chi connectivity index (χ2n) is 5.77. The van der Waals surface area contributed by atoms with E-state index in [1.165, 1.54) is 22.7 Å². The molecule has 0 amide bonds. The van der Waals surface area contributed by atoms with E-state index in [9.17, 15) is 9.59 Å². The second kappa shape index (κ2) is 8.08. The van der Waals surface area contributed by atoms with Crippen LogP contribution in [0.1, 0.15) is 9.75 Å². The maximum atomic E-state index is 11.8. The van der Waals surface area contributed by atoms with Crippen LogP contribution in [-0.2, 0) is 31.9 Å². The summed E-state index contributed by atoms with van der Waals surface area (Å²) < 4.78 is 9.49. The van der Waals surface area contributed by atoms with Crippen LogP contribution in [0.25, 0.3) is 0 Å². The largest absolute Gasteiger partial charge is 0.465 e. The number of halogens is 2. The van der Waals surface area contributed by atoms with Crippen molar-refractivity contribution in [3.63, 3.8) is 0 Å². The molecule has 1 aliphatic rings. The van der Waals surface area contributed by atoms with Crippen LogP contribution in [0.4, 0.5) is 0 Å². The highest BCUT2D eigenvalue weighted by atomic mass is 35.5. The summed E-state index contributed by atoms with van der Waals surface area (Å²) in [6, 6.07) is 7.53. The Morgan fingerprint density at radius 1 is 0.920 bits per heavy atom. The van der Waals surface area contributed by atoms with Gasteiger partial charge in [-0.25, -0.2) is 0 Å². The Bertz CT molecular complexity index is 653. The van der Waals surface area contributed by atoms with Crippen molar-refractivity contribution in [3.8, 4) is 0 Å². The lowest BCUT2D eigenvalue weighted by Crippen LogP contribution is -2.12. The zero-order valence-electron chi connectivity index (χ0n) is 13.2. The summed E-state index contributed by atoms with van der Waals surface area (Å²) >= 11 is 15.4. The average molecular weight is 419 g/mol. The predicted molar refractivity (Wildman–Crippen MR) is 99.4 cm³/mol. The van der Waals surface area contributed by atoms with Crippen LogP contribution in [0.3, 0.4) is 0 Å².